The molecule has 0 saturated carbocycles. The van der Waals surface area contributed by atoms with Crippen molar-refractivity contribution in [2.24, 2.45) is 0 Å². The molecule has 2 N–H and O–H groups in total. The number of benzene rings is 1. The molecule has 132 valence electrons. The van der Waals surface area contributed by atoms with Gasteiger partial charge in [-0.15, -0.1) is 0 Å². The lowest BCUT2D eigenvalue weighted by molar-refractivity contribution is -0.117. The first-order valence-corrected chi connectivity index (χ1v) is 8.38. The Morgan fingerprint density at radius 3 is 2.80 bits per heavy atom. The number of anilines is 1. The first-order valence-electron chi connectivity index (χ1n) is 8.38. The topological polar surface area (TPSA) is 87.5 Å². The maximum atomic E-state index is 12.1. The molecule has 7 nitrogen and oxygen atoms in total. The summed E-state index contributed by atoms with van der Waals surface area (Å²) in [6, 6.07) is 10.7. The monoisotopic (exact) mass is 342 g/mol. The van der Waals surface area contributed by atoms with Gasteiger partial charge in [-0.05, 0) is 18.1 Å². The number of nitrogens with zero attached hydrogens (tertiary/aromatic N) is 2. The molecule has 2 aromatic rings. The van der Waals surface area contributed by atoms with Crippen molar-refractivity contribution >= 4 is 17.6 Å². The van der Waals surface area contributed by atoms with Gasteiger partial charge in [0.25, 0.3) is 0 Å². The summed E-state index contributed by atoms with van der Waals surface area (Å²) < 4.78 is 5.18. The Balaban J connectivity index is 1.49. The van der Waals surface area contributed by atoms with Gasteiger partial charge in [0.05, 0.1) is 18.3 Å². The van der Waals surface area contributed by atoms with Crippen LogP contribution in [0.25, 0.3) is 0 Å². The third-order valence-electron chi connectivity index (χ3n) is 4.12. The smallest absolute Gasteiger partial charge is 0.315 e. The minimum atomic E-state index is -0.324. The maximum absolute atomic E-state index is 12.1. The molecule has 3 rings (SSSR count). The second-order valence-electron chi connectivity index (χ2n) is 6.44. The SMILES string of the molecule is CC(C)c1cc(CNC(=O)NC2CC(=O)N(c3ccccc3)C2)on1. The fourth-order valence-electron chi connectivity index (χ4n) is 2.75. The van der Waals surface area contributed by atoms with Crippen LogP contribution in [0.5, 0.6) is 0 Å². The number of amides is 3. The van der Waals surface area contributed by atoms with Crippen LogP contribution in [0, 0.1) is 0 Å². The summed E-state index contributed by atoms with van der Waals surface area (Å²) in [6.07, 6.45) is 0.294. The highest BCUT2D eigenvalue weighted by molar-refractivity contribution is 5.96. The number of aromatic nitrogens is 1. The van der Waals surface area contributed by atoms with Crippen molar-refractivity contribution in [2.45, 2.75) is 38.8 Å². The van der Waals surface area contributed by atoms with E-state index in [1.54, 1.807) is 4.90 Å². The number of rotatable bonds is 5. The Morgan fingerprint density at radius 1 is 1.36 bits per heavy atom. The molecule has 1 aliphatic heterocycles. The number of hydrogen-bond donors (Lipinski definition) is 2. The largest absolute Gasteiger partial charge is 0.359 e. The van der Waals surface area contributed by atoms with Gasteiger partial charge in [-0.25, -0.2) is 4.79 Å². The molecule has 1 saturated heterocycles. The van der Waals surface area contributed by atoms with Crippen molar-refractivity contribution in [2.75, 3.05) is 11.4 Å². The summed E-state index contributed by atoms with van der Waals surface area (Å²) in [4.78, 5) is 25.9. The van der Waals surface area contributed by atoms with Crippen molar-refractivity contribution in [1.29, 1.82) is 0 Å². The number of nitrogens with one attached hydrogen (secondary N) is 2. The number of hydrogen-bond acceptors (Lipinski definition) is 4. The number of carbonyl (C=O) groups excluding carboxylic acids is 2. The van der Waals surface area contributed by atoms with E-state index in [0.717, 1.165) is 11.4 Å². The number of carbonyl (C=O) groups is 2. The van der Waals surface area contributed by atoms with Crippen LogP contribution in [-0.4, -0.2) is 29.7 Å². The van der Waals surface area contributed by atoms with Crippen LogP contribution < -0.4 is 15.5 Å². The normalized spacial score (nSPS) is 17.2. The number of para-hydroxylation sites is 1. The highest BCUT2D eigenvalue weighted by atomic mass is 16.5. The van der Waals surface area contributed by atoms with Gasteiger partial charge in [-0.2, -0.15) is 0 Å². The standard InChI is InChI=1S/C18H22N4O3/c1-12(2)16-9-15(25-21-16)10-19-18(24)20-13-8-17(23)22(11-13)14-6-4-3-5-7-14/h3-7,9,12-13H,8,10-11H2,1-2H3,(H2,19,20,24). The first kappa shape index (κ1) is 17.0. The Kier molecular flexibility index (Phi) is 5.02. The van der Waals surface area contributed by atoms with E-state index < -0.39 is 0 Å². The molecule has 1 atom stereocenters. The van der Waals surface area contributed by atoms with E-state index in [9.17, 15) is 9.59 Å². The van der Waals surface area contributed by atoms with E-state index in [1.807, 2.05) is 50.2 Å². The molecule has 1 aromatic carbocycles. The zero-order valence-electron chi connectivity index (χ0n) is 14.4. The van der Waals surface area contributed by atoms with E-state index in [2.05, 4.69) is 15.8 Å². The first-order chi connectivity index (χ1) is 12.0. The highest BCUT2D eigenvalue weighted by Crippen LogP contribution is 2.21. The molecule has 1 aliphatic rings. The third kappa shape index (κ3) is 4.17. The molecule has 1 fully saturated rings. The summed E-state index contributed by atoms with van der Waals surface area (Å²) in [7, 11) is 0. The van der Waals surface area contributed by atoms with Crippen molar-refractivity contribution < 1.29 is 14.1 Å². The predicted octanol–water partition coefficient (Wildman–Crippen LogP) is 2.40. The summed E-state index contributed by atoms with van der Waals surface area (Å²) in [5.41, 5.74) is 1.71. The fourth-order valence-corrected chi connectivity index (χ4v) is 2.75. The van der Waals surface area contributed by atoms with Gasteiger partial charge in [-0.3, -0.25) is 4.79 Å². The average molecular weight is 342 g/mol. The number of urea groups is 1. The van der Waals surface area contributed by atoms with E-state index in [1.165, 1.54) is 0 Å². The Morgan fingerprint density at radius 2 is 2.12 bits per heavy atom. The van der Waals surface area contributed by atoms with Gasteiger partial charge in [0.15, 0.2) is 5.76 Å². The van der Waals surface area contributed by atoms with Crippen LogP contribution in [0.15, 0.2) is 40.9 Å². The third-order valence-corrected chi connectivity index (χ3v) is 4.12. The zero-order valence-corrected chi connectivity index (χ0v) is 14.4. The lowest BCUT2D eigenvalue weighted by Crippen LogP contribution is -2.43. The van der Waals surface area contributed by atoms with Crippen LogP contribution in [-0.2, 0) is 11.3 Å². The van der Waals surface area contributed by atoms with E-state index in [4.69, 9.17) is 4.52 Å². The van der Waals surface area contributed by atoms with Crippen LogP contribution in [0.4, 0.5) is 10.5 Å². The molecule has 0 aliphatic carbocycles. The highest BCUT2D eigenvalue weighted by Gasteiger charge is 2.31. The summed E-state index contributed by atoms with van der Waals surface area (Å²) >= 11 is 0. The molecule has 1 aromatic heterocycles. The lowest BCUT2D eigenvalue weighted by Gasteiger charge is -2.17. The fraction of sp³-hybridized carbons (Fsp3) is 0.389. The van der Waals surface area contributed by atoms with Crippen molar-refractivity contribution in [1.82, 2.24) is 15.8 Å². The van der Waals surface area contributed by atoms with E-state index >= 15 is 0 Å². The molecule has 3 amide bonds. The molecule has 1 unspecified atom stereocenters. The predicted molar refractivity (Wildman–Crippen MR) is 93.2 cm³/mol. The van der Waals surface area contributed by atoms with E-state index in [-0.39, 0.29) is 30.4 Å². The van der Waals surface area contributed by atoms with Gasteiger partial charge in [-0.1, -0.05) is 37.2 Å². The minimum absolute atomic E-state index is 0.00769. The van der Waals surface area contributed by atoms with Crippen LogP contribution in [0.3, 0.4) is 0 Å². The van der Waals surface area contributed by atoms with Gasteiger partial charge in [0, 0.05) is 24.7 Å². The second-order valence-corrected chi connectivity index (χ2v) is 6.44. The zero-order chi connectivity index (χ0) is 17.8. The second kappa shape index (κ2) is 7.38. The Hall–Kier alpha value is -2.83. The molecule has 0 radical (unpaired) electrons. The van der Waals surface area contributed by atoms with E-state index in [0.29, 0.717) is 18.7 Å². The molecule has 7 heteroatoms. The Bertz CT molecular complexity index is 742. The maximum Gasteiger partial charge on any atom is 0.315 e. The minimum Gasteiger partial charge on any atom is -0.359 e. The molecule has 25 heavy (non-hydrogen) atoms. The van der Waals surface area contributed by atoms with Gasteiger partial charge in [0.2, 0.25) is 5.91 Å². The molecular weight excluding hydrogens is 320 g/mol. The van der Waals surface area contributed by atoms with Crippen LogP contribution >= 0.6 is 0 Å². The Labute approximate surface area is 146 Å². The lowest BCUT2D eigenvalue weighted by atomic mass is 10.1. The average Bonchev–Trinajstić information content (AvgIpc) is 3.20. The summed E-state index contributed by atoms with van der Waals surface area (Å²) in [5, 5.41) is 9.52. The molecule has 0 bridgehead atoms. The molecular formula is C18H22N4O3. The quantitative estimate of drug-likeness (QED) is 0.873. The van der Waals surface area contributed by atoms with Crippen molar-refractivity contribution in [3.63, 3.8) is 0 Å². The van der Waals surface area contributed by atoms with Gasteiger partial charge in [0.1, 0.15) is 0 Å². The van der Waals surface area contributed by atoms with Gasteiger partial charge >= 0.3 is 6.03 Å². The van der Waals surface area contributed by atoms with Crippen LogP contribution in [0.1, 0.15) is 37.6 Å². The van der Waals surface area contributed by atoms with Crippen LogP contribution in [0.2, 0.25) is 0 Å². The molecule has 0 spiro atoms. The molecule has 2 heterocycles. The van der Waals surface area contributed by atoms with Crippen molar-refractivity contribution in [3.8, 4) is 0 Å². The van der Waals surface area contributed by atoms with Crippen molar-refractivity contribution in [3.05, 3.63) is 47.9 Å². The van der Waals surface area contributed by atoms with Gasteiger partial charge < -0.3 is 20.1 Å². The summed E-state index contributed by atoms with van der Waals surface area (Å²) in [5.74, 6) is 0.889. The summed E-state index contributed by atoms with van der Waals surface area (Å²) in [6.45, 7) is 4.78.